The first-order valence-electron chi connectivity index (χ1n) is 7.13. The summed E-state index contributed by atoms with van der Waals surface area (Å²) in [6.07, 6.45) is 1.42. The number of carbonyl (C=O) groups excluding carboxylic acids is 2. The van der Waals surface area contributed by atoms with Gasteiger partial charge in [0, 0.05) is 37.8 Å². The monoisotopic (exact) mass is 320 g/mol. The molecule has 120 valence electrons. The Kier molecular flexibility index (Phi) is 4.10. The van der Waals surface area contributed by atoms with Gasteiger partial charge in [-0.2, -0.15) is 0 Å². The zero-order valence-electron chi connectivity index (χ0n) is 12.2. The van der Waals surface area contributed by atoms with E-state index in [0.717, 1.165) is 18.2 Å². The summed E-state index contributed by atoms with van der Waals surface area (Å²) in [6.45, 7) is 1.26. The second kappa shape index (κ2) is 6.20. The normalized spacial score (nSPS) is 14.9. The van der Waals surface area contributed by atoms with Gasteiger partial charge in [-0.25, -0.2) is 8.78 Å². The number of carbonyl (C=O) groups is 2. The maximum atomic E-state index is 13.2. The Labute approximate surface area is 131 Å². The summed E-state index contributed by atoms with van der Waals surface area (Å²) in [5.41, 5.74) is -0.0340. The number of hydrogen-bond acceptors (Lipinski definition) is 3. The second-order valence-electron chi connectivity index (χ2n) is 5.22. The predicted molar refractivity (Wildman–Crippen MR) is 76.9 cm³/mol. The van der Waals surface area contributed by atoms with E-state index in [-0.39, 0.29) is 17.2 Å². The van der Waals surface area contributed by atoms with Crippen LogP contribution in [0.25, 0.3) is 0 Å². The number of hydrogen-bond donors (Lipinski definition) is 0. The van der Waals surface area contributed by atoms with Gasteiger partial charge in [0.15, 0.2) is 5.76 Å². The van der Waals surface area contributed by atoms with Gasteiger partial charge in [-0.1, -0.05) is 0 Å². The maximum Gasteiger partial charge on any atom is 0.289 e. The Morgan fingerprint density at radius 2 is 1.48 bits per heavy atom. The molecule has 1 aromatic heterocycles. The Morgan fingerprint density at radius 1 is 0.913 bits per heavy atom. The molecule has 1 saturated heterocycles. The highest BCUT2D eigenvalue weighted by molar-refractivity contribution is 5.95. The van der Waals surface area contributed by atoms with Crippen LogP contribution in [-0.4, -0.2) is 47.8 Å². The van der Waals surface area contributed by atoms with Crippen LogP contribution in [0.2, 0.25) is 0 Å². The van der Waals surface area contributed by atoms with Crippen molar-refractivity contribution in [3.8, 4) is 0 Å². The molecule has 1 aromatic carbocycles. The van der Waals surface area contributed by atoms with Crippen molar-refractivity contribution in [2.24, 2.45) is 0 Å². The summed E-state index contributed by atoms with van der Waals surface area (Å²) in [4.78, 5) is 27.5. The summed E-state index contributed by atoms with van der Waals surface area (Å²) in [5.74, 6) is -2.02. The largest absolute Gasteiger partial charge is 0.459 e. The molecule has 0 radical (unpaired) electrons. The highest BCUT2D eigenvalue weighted by Gasteiger charge is 2.26. The fourth-order valence-electron chi connectivity index (χ4n) is 2.53. The molecule has 7 heteroatoms. The van der Waals surface area contributed by atoms with Crippen molar-refractivity contribution in [3.05, 3.63) is 59.6 Å². The Morgan fingerprint density at radius 3 is 2.00 bits per heavy atom. The van der Waals surface area contributed by atoms with E-state index in [1.54, 1.807) is 17.0 Å². The fourth-order valence-corrected chi connectivity index (χ4v) is 2.53. The molecule has 2 amide bonds. The van der Waals surface area contributed by atoms with Crippen LogP contribution in [0.4, 0.5) is 8.78 Å². The fraction of sp³-hybridized carbons (Fsp3) is 0.250. The van der Waals surface area contributed by atoms with Crippen LogP contribution < -0.4 is 0 Å². The van der Waals surface area contributed by atoms with Gasteiger partial charge in [-0.05, 0) is 24.3 Å². The average molecular weight is 320 g/mol. The van der Waals surface area contributed by atoms with Crippen molar-refractivity contribution in [1.29, 1.82) is 0 Å². The van der Waals surface area contributed by atoms with Gasteiger partial charge in [-0.3, -0.25) is 9.59 Å². The van der Waals surface area contributed by atoms with Crippen LogP contribution in [0.3, 0.4) is 0 Å². The van der Waals surface area contributed by atoms with Gasteiger partial charge < -0.3 is 14.2 Å². The molecular formula is C16H14F2N2O3. The second-order valence-corrected chi connectivity index (χ2v) is 5.22. The molecule has 1 fully saturated rings. The topological polar surface area (TPSA) is 53.8 Å². The molecule has 1 aliphatic heterocycles. The number of rotatable bonds is 2. The van der Waals surface area contributed by atoms with Crippen molar-refractivity contribution in [1.82, 2.24) is 9.80 Å². The van der Waals surface area contributed by atoms with Gasteiger partial charge in [-0.15, -0.1) is 0 Å². The summed E-state index contributed by atoms with van der Waals surface area (Å²) < 4.78 is 31.5. The molecule has 0 spiro atoms. The van der Waals surface area contributed by atoms with Crippen molar-refractivity contribution in [2.75, 3.05) is 26.2 Å². The lowest BCUT2D eigenvalue weighted by Gasteiger charge is -2.34. The SMILES string of the molecule is O=C(c1cc(F)cc(F)c1)N1CCN(C(=O)c2ccco2)CC1. The Hall–Kier alpha value is -2.70. The van der Waals surface area contributed by atoms with E-state index in [4.69, 9.17) is 4.42 Å². The van der Waals surface area contributed by atoms with Gasteiger partial charge >= 0.3 is 0 Å². The highest BCUT2D eigenvalue weighted by atomic mass is 19.1. The van der Waals surface area contributed by atoms with E-state index in [1.165, 1.54) is 11.2 Å². The number of benzene rings is 1. The molecule has 5 nitrogen and oxygen atoms in total. The van der Waals surface area contributed by atoms with Gasteiger partial charge in [0.2, 0.25) is 0 Å². The first-order valence-corrected chi connectivity index (χ1v) is 7.13. The van der Waals surface area contributed by atoms with Crippen LogP contribution in [-0.2, 0) is 0 Å². The lowest BCUT2D eigenvalue weighted by Crippen LogP contribution is -2.50. The zero-order valence-corrected chi connectivity index (χ0v) is 12.2. The van der Waals surface area contributed by atoms with E-state index in [9.17, 15) is 18.4 Å². The molecule has 0 atom stereocenters. The van der Waals surface area contributed by atoms with Crippen LogP contribution in [0, 0.1) is 11.6 Å². The molecule has 0 saturated carbocycles. The van der Waals surface area contributed by atoms with E-state index in [2.05, 4.69) is 0 Å². The summed E-state index contributed by atoms with van der Waals surface area (Å²) in [6, 6.07) is 5.94. The van der Waals surface area contributed by atoms with Crippen molar-refractivity contribution in [3.63, 3.8) is 0 Å². The third kappa shape index (κ3) is 3.23. The van der Waals surface area contributed by atoms with Gasteiger partial charge in [0.25, 0.3) is 11.8 Å². The number of halogens is 2. The number of amides is 2. The van der Waals surface area contributed by atoms with Crippen LogP contribution in [0.5, 0.6) is 0 Å². The lowest BCUT2D eigenvalue weighted by atomic mass is 10.1. The molecular weight excluding hydrogens is 306 g/mol. The van der Waals surface area contributed by atoms with Crippen LogP contribution in [0.15, 0.2) is 41.0 Å². The van der Waals surface area contributed by atoms with E-state index in [1.807, 2.05) is 0 Å². The quantitative estimate of drug-likeness (QED) is 0.852. The van der Waals surface area contributed by atoms with Crippen LogP contribution in [0.1, 0.15) is 20.9 Å². The summed E-state index contributed by atoms with van der Waals surface area (Å²) >= 11 is 0. The third-order valence-corrected chi connectivity index (χ3v) is 3.70. The standard InChI is InChI=1S/C16H14F2N2O3/c17-12-8-11(9-13(18)10-12)15(21)19-3-5-20(6-4-19)16(22)14-2-1-7-23-14/h1-2,7-10H,3-6H2. The average Bonchev–Trinajstić information content (AvgIpc) is 3.07. The van der Waals surface area contributed by atoms with Gasteiger partial charge in [0.05, 0.1) is 6.26 Å². The smallest absolute Gasteiger partial charge is 0.289 e. The zero-order chi connectivity index (χ0) is 16.4. The van der Waals surface area contributed by atoms with Crippen LogP contribution >= 0.6 is 0 Å². The molecule has 23 heavy (non-hydrogen) atoms. The van der Waals surface area contributed by atoms with E-state index < -0.39 is 17.5 Å². The first kappa shape index (κ1) is 15.2. The van der Waals surface area contributed by atoms with Crippen molar-refractivity contribution in [2.45, 2.75) is 0 Å². The molecule has 2 aromatic rings. The minimum atomic E-state index is -0.792. The molecule has 0 unspecified atom stereocenters. The first-order chi connectivity index (χ1) is 11.0. The minimum Gasteiger partial charge on any atom is -0.459 e. The number of nitrogens with zero attached hydrogens (tertiary/aromatic N) is 2. The molecule has 0 N–H and O–H groups in total. The summed E-state index contributed by atoms with van der Waals surface area (Å²) in [5, 5.41) is 0. The molecule has 2 heterocycles. The Bertz CT molecular complexity index is 703. The minimum absolute atomic E-state index is 0.0340. The molecule has 1 aliphatic rings. The number of furan rings is 1. The van der Waals surface area contributed by atoms with Gasteiger partial charge in [0.1, 0.15) is 11.6 Å². The maximum absolute atomic E-state index is 13.2. The molecule has 0 aliphatic carbocycles. The third-order valence-electron chi connectivity index (χ3n) is 3.70. The Balaban J connectivity index is 1.64. The van der Waals surface area contributed by atoms with Crippen molar-refractivity contribution >= 4 is 11.8 Å². The highest BCUT2D eigenvalue weighted by Crippen LogP contribution is 2.14. The summed E-state index contributed by atoms with van der Waals surface area (Å²) in [7, 11) is 0. The van der Waals surface area contributed by atoms with Crippen molar-refractivity contribution < 1.29 is 22.8 Å². The lowest BCUT2D eigenvalue weighted by molar-refractivity contribution is 0.0518. The van der Waals surface area contributed by atoms with E-state index >= 15 is 0 Å². The predicted octanol–water partition coefficient (Wildman–Crippen LogP) is 2.16. The molecule has 3 rings (SSSR count). The molecule has 0 bridgehead atoms. The van der Waals surface area contributed by atoms with E-state index in [0.29, 0.717) is 26.2 Å². The number of piperazine rings is 1.